The predicted molar refractivity (Wildman–Crippen MR) is 92.4 cm³/mol. The van der Waals surface area contributed by atoms with Gasteiger partial charge in [0.25, 0.3) is 0 Å². The zero-order valence-electron chi connectivity index (χ0n) is 12.0. The van der Waals surface area contributed by atoms with E-state index < -0.39 is 9.84 Å². The van der Waals surface area contributed by atoms with E-state index in [2.05, 4.69) is 20.9 Å². The van der Waals surface area contributed by atoms with Crippen LogP contribution < -0.4 is 0 Å². The molecule has 0 aliphatic rings. The van der Waals surface area contributed by atoms with Crippen LogP contribution in [0.15, 0.2) is 46.0 Å². The lowest BCUT2D eigenvalue weighted by Crippen LogP contribution is -1.98. The average Bonchev–Trinajstić information content (AvgIpc) is 2.84. The quantitative estimate of drug-likeness (QED) is 0.712. The molecule has 2 heterocycles. The number of aliphatic hydroxyl groups excluding tert-OH is 1. The van der Waals surface area contributed by atoms with Crippen molar-refractivity contribution in [2.45, 2.75) is 11.5 Å². The number of aliphatic hydroxyl groups is 1. The Morgan fingerprint density at radius 1 is 1.35 bits per heavy atom. The van der Waals surface area contributed by atoms with Crippen LogP contribution in [0.2, 0.25) is 5.02 Å². The molecule has 1 aromatic carbocycles. The van der Waals surface area contributed by atoms with Gasteiger partial charge in [0.15, 0.2) is 9.84 Å². The van der Waals surface area contributed by atoms with Crippen molar-refractivity contribution in [2.75, 3.05) is 6.26 Å². The Balaban J connectivity index is 2.30. The molecule has 0 fully saturated rings. The minimum atomic E-state index is -3.31. The third-order valence-corrected chi connectivity index (χ3v) is 5.51. The van der Waals surface area contributed by atoms with E-state index in [0.29, 0.717) is 32.1 Å². The summed E-state index contributed by atoms with van der Waals surface area (Å²) in [5.74, 6) is 0.559. The van der Waals surface area contributed by atoms with Gasteiger partial charge in [-0.05, 0) is 34.1 Å². The highest BCUT2D eigenvalue weighted by molar-refractivity contribution is 9.10. The standard InChI is InChI=1S/C15H12BrClN2O3S/c1-23(21,22)10-4-2-3-9(7-10)15-18-14(16)13-11(8-20)12(17)5-6-19(13)15/h2-7,20H,8H2,1H3. The number of benzene rings is 1. The van der Waals surface area contributed by atoms with E-state index in [1.54, 1.807) is 40.9 Å². The van der Waals surface area contributed by atoms with Crippen molar-refractivity contribution >= 4 is 42.9 Å². The van der Waals surface area contributed by atoms with Crippen LogP contribution in [-0.4, -0.2) is 29.2 Å². The van der Waals surface area contributed by atoms with E-state index in [1.807, 2.05) is 0 Å². The minimum absolute atomic E-state index is 0.221. The summed E-state index contributed by atoms with van der Waals surface area (Å²) in [6.07, 6.45) is 2.90. The maximum absolute atomic E-state index is 11.7. The molecule has 2 aromatic heterocycles. The molecule has 0 atom stereocenters. The highest BCUT2D eigenvalue weighted by Gasteiger charge is 2.17. The van der Waals surface area contributed by atoms with Crippen LogP contribution in [0, 0.1) is 0 Å². The van der Waals surface area contributed by atoms with Crippen molar-refractivity contribution in [2.24, 2.45) is 0 Å². The number of hydrogen-bond donors (Lipinski definition) is 1. The minimum Gasteiger partial charge on any atom is -0.392 e. The topological polar surface area (TPSA) is 71.7 Å². The summed E-state index contributed by atoms with van der Waals surface area (Å²) in [5, 5.41) is 9.99. The Hall–Kier alpha value is -1.41. The van der Waals surface area contributed by atoms with E-state index in [4.69, 9.17) is 11.6 Å². The van der Waals surface area contributed by atoms with Crippen LogP contribution in [0.1, 0.15) is 5.56 Å². The first-order chi connectivity index (χ1) is 10.8. The maximum Gasteiger partial charge on any atom is 0.175 e. The summed E-state index contributed by atoms with van der Waals surface area (Å²) >= 11 is 9.49. The fraction of sp³-hybridized carbons (Fsp3) is 0.133. The van der Waals surface area contributed by atoms with Crippen LogP contribution in [0.25, 0.3) is 16.9 Å². The van der Waals surface area contributed by atoms with E-state index in [0.717, 1.165) is 6.26 Å². The second kappa shape index (κ2) is 5.90. The number of aromatic nitrogens is 2. The van der Waals surface area contributed by atoms with E-state index >= 15 is 0 Å². The smallest absolute Gasteiger partial charge is 0.175 e. The van der Waals surface area contributed by atoms with Gasteiger partial charge in [-0.1, -0.05) is 23.7 Å². The third-order valence-electron chi connectivity index (χ3n) is 3.49. The molecule has 8 heteroatoms. The average molecular weight is 416 g/mol. The molecular weight excluding hydrogens is 404 g/mol. The summed E-state index contributed by atoms with van der Waals surface area (Å²) in [6, 6.07) is 8.23. The first-order valence-electron chi connectivity index (χ1n) is 6.59. The number of hydrogen-bond acceptors (Lipinski definition) is 4. The van der Waals surface area contributed by atoms with Gasteiger partial charge in [0.1, 0.15) is 10.4 Å². The monoisotopic (exact) mass is 414 g/mol. The number of halogens is 2. The Kier molecular flexibility index (Phi) is 4.22. The Bertz CT molecular complexity index is 1010. The van der Waals surface area contributed by atoms with Crippen LogP contribution in [0.3, 0.4) is 0 Å². The molecule has 5 nitrogen and oxygen atoms in total. The number of imidazole rings is 1. The molecule has 0 saturated carbocycles. The first kappa shape index (κ1) is 16.4. The molecule has 120 valence electrons. The molecule has 0 unspecified atom stereocenters. The lowest BCUT2D eigenvalue weighted by Gasteiger charge is -2.07. The van der Waals surface area contributed by atoms with Crippen molar-refractivity contribution in [3.63, 3.8) is 0 Å². The molecule has 0 bridgehead atoms. The molecule has 0 radical (unpaired) electrons. The summed E-state index contributed by atoms with van der Waals surface area (Å²) in [6.45, 7) is -0.226. The predicted octanol–water partition coefficient (Wildman–Crippen LogP) is 3.31. The van der Waals surface area contributed by atoms with Gasteiger partial charge in [-0.15, -0.1) is 0 Å². The van der Waals surface area contributed by atoms with E-state index in [9.17, 15) is 13.5 Å². The molecule has 0 amide bonds. The van der Waals surface area contributed by atoms with Gasteiger partial charge < -0.3 is 5.11 Å². The summed E-state index contributed by atoms with van der Waals surface area (Å²) in [5.41, 5.74) is 1.86. The highest BCUT2D eigenvalue weighted by Crippen LogP contribution is 2.32. The Morgan fingerprint density at radius 2 is 2.09 bits per heavy atom. The Morgan fingerprint density at radius 3 is 2.74 bits per heavy atom. The molecule has 0 saturated heterocycles. The number of pyridine rings is 1. The van der Waals surface area contributed by atoms with Gasteiger partial charge in [-0.3, -0.25) is 4.40 Å². The van der Waals surface area contributed by atoms with Crippen molar-refractivity contribution in [1.29, 1.82) is 0 Å². The summed E-state index contributed by atoms with van der Waals surface area (Å²) in [7, 11) is -3.31. The molecule has 3 rings (SSSR count). The lowest BCUT2D eigenvalue weighted by molar-refractivity contribution is 0.283. The van der Waals surface area contributed by atoms with E-state index in [-0.39, 0.29) is 11.5 Å². The van der Waals surface area contributed by atoms with Gasteiger partial charge >= 0.3 is 0 Å². The van der Waals surface area contributed by atoms with E-state index in [1.165, 1.54) is 0 Å². The van der Waals surface area contributed by atoms with Gasteiger partial charge in [0.2, 0.25) is 0 Å². The van der Waals surface area contributed by atoms with Crippen LogP contribution in [-0.2, 0) is 16.4 Å². The van der Waals surface area contributed by atoms with Crippen LogP contribution in [0.4, 0.5) is 0 Å². The second-order valence-corrected chi connectivity index (χ2v) is 8.22. The lowest BCUT2D eigenvalue weighted by atomic mass is 10.2. The number of fused-ring (bicyclic) bond motifs is 1. The van der Waals surface area contributed by atoms with Crippen molar-refractivity contribution in [1.82, 2.24) is 9.38 Å². The van der Waals surface area contributed by atoms with Crippen LogP contribution in [0.5, 0.6) is 0 Å². The molecule has 0 aliphatic carbocycles. The number of nitrogens with zero attached hydrogens (tertiary/aromatic N) is 2. The normalized spacial score (nSPS) is 12.0. The fourth-order valence-corrected chi connectivity index (χ4v) is 3.86. The zero-order valence-corrected chi connectivity index (χ0v) is 15.2. The number of rotatable bonds is 3. The van der Waals surface area contributed by atoms with Gasteiger partial charge in [0, 0.05) is 28.6 Å². The molecule has 1 N–H and O–H groups in total. The summed E-state index contributed by atoms with van der Waals surface area (Å²) < 4.78 is 25.8. The van der Waals surface area contributed by atoms with Crippen molar-refractivity contribution in [3.05, 3.63) is 51.7 Å². The number of sulfone groups is 1. The van der Waals surface area contributed by atoms with Crippen molar-refractivity contribution in [3.8, 4) is 11.4 Å². The van der Waals surface area contributed by atoms with Gasteiger partial charge in [-0.25, -0.2) is 13.4 Å². The fourth-order valence-electron chi connectivity index (χ4n) is 2.39. The van der Waals surface area contributed by atoms with Gasteiger partial charge in [-0.2, -0.15) is 0 Å². The largest absolute Gasteiger partial charge is 0.392 e. The molecule has 3 aromatic rings. The third kappa shape index (κ3) is 2.89. The van der Waals surface area contributed by atoms with Crippen LogP contribution >= 0.6 is 27.5 Å². The first-order valence-corrected chi connectivity index (χ1v) is 9.65. The molecule has 0 aliphatic heterocycles. The highest BCUT2D eigenvalue weighted by atomic mass is 79.9. The Labute approximate surface area is 146 Å². The molecule has 23 heavy (non-hydrogen) atoms. The molecule has 0 spiro atoms. The second-order valence-electron chi connectivity index (χ2n) is 5.05. The maximum atomic E-state index is 11.7. The van der Waals surface area contributed by atoms with Gasteiger partial charge in [0.05, 0.1) is 17.0 Å². The van der Waals surface area contributed by atoms with Crippen molar-refractivity contribution < 1.29 is 13.5 Å². The zero-order chi connectivity index (χ0) is 16.8. The summed E-state index contributed by atoms with van der Waals surface area (Å²) in [4.78, 5) is 4.67. The SMILES string of the molecule is CS(=O)(=O)c1cccc(-c2nc(Br)c3c(CO)c(Cl)ccn23)c1. The molecular formula is C15H12BrClN2O3S.